The van der Waals surface area contributed by atoms with E-state index in [-0.39, 0.29) is 11.9 Å². The van der Waals surface area contributed by atoms with Gasteiger partial charge in [0.15, 0.2) is 0 Å². The Morgan fingerprint density at radius 1 is 1.14 bits per heavy atom. The number of furan rings is 1. The third-order valence-corrected chi connectivity index (χ3v) is 3.73. The highest BCUT2D eigenvalue weighted by Gasteiger charge is 2.14. The zero-order valence-corrected chi connectivity index (χ0v) is 12.8. The maximum atomic E-state index is 12.1. The van der Waals surface area contributed by atoms with Crippen molar-refractivity contribution >= 4 is 16.9 Å². The predicted molar refractivity (Wildman–Crippen MR) is 87.7 cm³/mol. The molecule has 0 bridgehead atoms. The molecule has 0 aliphatic rings. The quantitative estimate of drug-likeness (QED) is 0.784. The lowest BCUT2D eigenvalue weighted by atomic mass is 10.1. The van der Waals surface area contributed by atoms with Crippen LogP contribution in [0, 0.1) is 6.92 Å². The molecule has 112 valence electrons. The molecule has 0 fully saturated rings. The summed E-state index contributed by atoms with van der Waals surface area (Å²) in [6.45, 7) is 3.97. The molecule has 0 radical (unpaired) electrons. The first-order chi connectivity index (χ1) is 10.6. The predicted octanol–water partition coefficient (Wildman–Crippen LogP) is 4.16. The number of hydrogen-bond acceptors (Lipinski definition) is 2. The summed E-state index contributed by atoms with van der Waals surface area (Å²) >= 11 is 0. The number of carbonyl (C=O) groups is 1. The van der Waals surface area contributed by atoms with Crippen molar-refractivity contribution in [3.8, 4) is 0 Å². The van der Waals surface area contributed by atoms with E-state index in [1.165, 1.54) is 5.56 Å². The summed E-state index contributed by atoms with van der Waals surface area (Å²) < 4.78 is 5.78. The van der Waals surface area contributed by atoms with E-state index in [9.17, 15) is 4.79 Å². The van der Waals surface area contributed by atoms with E-state index < -0.39 is 0 Å². The second kappa shape index (κ2) is 6.06. The molecule has 2 aromatic carbocycles. The lowest BCUT2D eigenvalue weighted by Crippen LogP contribution is -2.27. The van der Waals surface area contributed by atoms with E-state index in [0.717, 1.165) is 22.3 Å². The van der Waals surface area contributed by atoms with Gasteiger partial charge in [-0.25, -0.2) is 0 Å². The summed E-state index contributed by atoms with van der Waals surface area (Å²) in [5.41, 5.74) is 3.05. The number of hydrogen-bond donors (Lipinski definition) is 1. The van der Waals surface area contributed by atoms with Crippen LogP contribution in [0.25, 0.3) is 11.0 Å². The standard InChI is InChI=1S/C19H19NO2/c1-13-7-9-15(10-8-13)11-19(21)20-14(2)18-12-16-5-3-4-6-17(16)22-18/h3-10,12,14H,11H2,1-2H3,(H,20,21). The molecule has 1 atom stereocenters. The van der Waals surface area contributed by atoms with Gasteiger partial charge < -0.3 is 9.73 Å². The Morgan fingerprint density at radius 3 is 2.59 bits per heavy atom. The van der Waals surface area contributed by atoms with E-state index in [1.807, 2.05) is 68.4 Å². The largest absolute Gasteiger partial charge is 0.459 e. The number of amides is 1. The molecule has 3 aromatic rings. The average Bonchev–Trinajstić information content (AvgIpc) is 2.93. The highest BCUT2D eigenvalue weighted by atomic mass is 16.3. The second-order valence-electron chi connectivity index (χ2n) is 5.64. The van der Waals surface area contributed by atoms with Gasteiger partial charge in [-0.1, -0.05) is 48.0 Å². The van der Waals surface area contributed by atoms with Gasteiger partial charge in [0.05, 0.1) is 12.5 Å². The molecule has 0 aliphatic carbocycles. The molecule has 0 saturated heterocycles. The first-order valence-electron chi connectivity index (χ1n) is 7.45. The maximum absolute atomic E-state index is 12.1. The summed E-state index contributed by atoms with van der Waals surface area (Å²) in [6, 6.07) is 17.7. The molecule has 0 saturated carbocycles. The minimum Gasteiger partial charge on any atom is -0.459 e. The van der Waals surface area contributed by atoms with Gasteiger partial charge in [0, 0.05) is 5.39 Å². The van der Waals surface area contributed by atoms with E-state index >= 15 is 0 Å². The van der Waals surface area contributed by atoms with Gasteiger partial charge in [-0.15, -0.1) is 0 Å². The van der Waals surface area contributed by atoms with Gasteiger partial charge in [0.25, 0.3) is 0 Å². The van der Waals surface area contributed by atoms with Crippen LogP contribution in [-0.2, 0) is 11.2 Å². The Balaban J connectivity index is 1.66. The van der Waals surface area contributed by atoms with Crippen LogP contribution in [0.2, 0.25) is 0 Å². The molecule has 22 heavy (non-hydrogen) atoms. The van der Waals surface area contributed by atoms with Crippen LogP contribution in [0.5, 0.6) is 0 Å². The number of nitrogens with one attached hydrogen (secondary N) is 1. The zero-order valence-electron chi connectivity index (χ0n) is 12.8. The Kier molecular flexibility index (Phi) is 3.96. The van der Waals surface area contributed by atoms with Gasteiger partial charge in [-0.05, 0) is 31.5 Å². The van der Waals surface area contributed by atoms with Crippen LogP contribution in [0.1, 0.15) is 29.9 Å². The Hall–Kier alpha value is -2.55. The molecular weight excluding hydrogens is 274 g/mol. The van der Waals surface area contributed by atoms with Crippen LogP contribution < -0.4 is 5.32 Å². The van der Waals surface area contributed by atoms with Crippen LogP contribution in [-0.4, -0.2) is 5.91 Å². The molecule has 0 spiro atoms. The van der Waals surface area contributed by atoms with E-state index in [1.54, 1.807) is 0 Å². The van der Waals surface area contributed by atoms with E-state index in [4.69, 9.17) is 4.42 Å². The summed E-state index contributed by atoms with van der Waals surface area (Å²) in [6.07, 6.45) is 0.380. The lowest BCUT2D eigenvalue weighted by Gasteiger charge is -2.11. The summed E-state index contributed by atoms with van der Waals surface area (Å²) in [5, 5.41) is 4.04. The second-order valence-corrected chi connectivity index (χ2v) is 5.64. The van der Waals surface area contributed by atoms with Crippen molar-refractivity contribution in [1.29, 1.82) is 0 Å². The van der Waals surface area contributed by atoms with Gasteiger partial charge >= 0.3 is 0 Å². The molecule has 1 amide bonds. The smallest absolute Gasteiger partial charge is 0.224 e. The fourth-order valence-electron chi connectivity index (χ4n) is 2.47. The van der Waals surface area contributed by atoms with Crippen molar-refractivity contribution in [2.75, 3.05) is 0 Å². The van der Waals surface area contributed by atoms with Crippen LogP contribution >= 0.6 is 0 Å². The number of rotatable bonds is 4. The number of para-hydroxylation sites is 1. The van der Waals surface area contributed by atoms with Gasteiger partial charge in [0.2, 0.25) is 5.91 Å². The highest BCUT2D eigenvalue weighted by molar-refractivity contribution is 5.80. The van der Waals surface area contributed by atoms with Gasteiger partial charge in [-0.3, -0.25) is 4.79 Å². The monoisotopic (exact) mass is 293 g/mol. The van der Waals surface area contributed by atoms with Crippen molar-refractivity contribution in [2.45, 2.75) is 26.3 Å². The first-order valence-corrected chi connectivity index (χ1v) is 7.45. The van der Waals surface area contributed by atoms with Crippen LogP contribution in [0.4, 0.5) is 0 Å². The number of aryl methyl sites for hydroxylation is 1. The van der Waals surface area contributed by atoms with Crippen LogP contribution in [0.3, 0.4) is 0 Å². The lowest BCUT2D eigenvalue weighted by molar-refractivity contribution is -0.121. The van der Waals surface area contributed by atoms with E-state index in [2.05, 4.69) is 5.32 Å². The molecule has 3 nitrogen and oxygen atoms in total. The first kappa shape index (κ1) is 14.4. The van der Waals surface area contributed by atoms with Crippen molar-refractivity contribution in [2.24, 2.45) is 0 Å². The Labute approximate surface area is 130 Å². The zero-order chi connectivity index (χ0) is 15.5. The average molecular weight is 293 g/mol. The Morgan fingerprint density at radius 2 is 1.86 bits per heavy atom. The van der Waals surface area contributed by atoms with Crippen molar-refractivity contribution in [1.82, 2.24) is 5.32 Å². The molecule has 3 rings (SSSR count). The number of fused-ring (bicyclic) bond motifs is 1. The molecule has 1 unspecified atom stereocenters. The van der Waals surface area contributed by atoms with Gasteiger partial charge in [-0.2, -0.15) is 0 Å². The normalized spacial score (nSPS) is 12.3. The fraction of sp³-hybridized carbons (Fsp3) is 0.211. The third kappa shape index (κ3) is 3.19. The Bertz CT molecular complexity index is 754. The molecule has 3 heteroatoms. The van der Waals surface area contributed by atoms with Gasteiger partial charge in [0.1, 0.15) is 11.3 Å². The molecular formula is C19H19NO2. The van der Waals surface area contributed by atoms with Crippen LogP contribution in [0.15, 0.2) is 59.0 Å². The van der Waals surface area contributed by atoms with Crippen molar-refractivity contribution in [3.63, 3.8) is 0 Å². The maximum Gasteiger partial charge on any atom is 0.224 e. The van der Waals surface area contributed by atoms with E-state index in [0.29, 0.717) is 6.42 Å². The summed E-state index contributed by atoms with van der Waals surface area (Å²) in [5.74, 6) is 0.773. The highest BCUT2D eigenvalue weighted by Crippen LogP contribution is 2.23. The molecule has 0 aliphatic heterocycles. The molecule has 1 aromatic heterocycles. The topological polar surface area (TPSA) is 42.2 Å². The SMILES string of the molecule is Cc1ccc(CC(=O)NC(C)c2cc3ccccc3o2)cc1. The fourth-order valence-corrected chi connectivity index (χ4v) is 2.47. The number of carbonyl (C=O) groups excluding carboxylic acids is 1. The summed E-state index contributed by atoms with van der Waals surface area (Å²) in [4.78, 5) is 12.1. The van der Waals surface area contributed by atoms with Crippen molar-refractivity contribution in [3.05, 3.63) is 71.5 Å². The summed E-state index contributed by atoms with van der Waals surface area (Å²) in [7, 11) is 0. The third-order valence-electron chi connectivity index (χ3n) is 3.73. The minimum absolute atomic E-state index is 0.00295. The minimum atomic E-state index is -0.148. The molecule has 1 heterocycles. The molecule has 1 N–H and O–H groups in total. The van der Waals surface area contributed by atoms with Crippen molar-refractivity contribution < 1.29 is 9.21 Å². The number of benzene rings is 2.